The van der Waals surface area contributed by atoms with Crippen molar-refractivity contribution in [3.63, 3.8) is 0 Å². The molecule has 120 valence electrons. The van der Waals surface area contributed by atoms with Gasteiger partial charge in [-0.25, -0.2) is 4.98 Å². The highest BCUT2D eigenvalue weighted by Gasteiger charge is 2.26. The summed E-state index contributed by atoms with van der Waals surface area (Å²) in [6.45, 7) is 4.08. The predicted molar refractivity (Wildman–Crippen MR) is 96.5 cm³/mol. The second-order valence-electron chi connectivity index (χ2n) is 6.12. The average Bonchev–Trinajstić information content (AvgIpc) is 2.55. The molecular weight excluding hydrogens is 322 g/mol. The molecule has 1 amide bonds. The zero-order chi connectivity index (χ0) is 16.8. The maximum Gasteiger partial charge on any atom is 0.255 e. The lowest BCUT2D eigenvalue weighted by Crippen LogP contribution is -2.38. The van der Waals surface area contributed by atoms with Crippen molar-refractivity contribution in [2.45, 2.75) is 20.0 Å². The zero-order valence-corrected chi connectivity index (χ0v) is 14.1. The van der Waals surface area contributed by atoms with Gasteiger partial charge in [0.15, 0.2) is 0 Å². The van der Waals surface area contributed by atoms with Crippen molar-refractivity contribution in [1.82, 2.24) is 10.3 Å². The molecule has 0 fully saturated rings. The van der Waals surface area contributed by atoms with Crippen LogP contribution in [0.1, 0.15) is 33.2 Å². The Bertz CT molecular complexity index is 984. The summed E-state index contributed by atoms with van der Waals surface area (Å²) in [6, 6.07) is 13.6. The van der Waals surface area contributed by atoms with Gasteiger partial charge in [0.2, 0.25) is 0 Å². The number of carbonyl (C=O) groups is 1. The Hall–Kier alpha value is -2.59. The number of nitrogens with zero attached hydrogens (tertiary/aromatic N) is 1. The summed E-state index contributed by atoms with van der Waals surface area (Å²) in [6.07, 6.45) is -0.405. The Morgan fingerprint density at radius 2 is 1.88 bits per heavy atom. The lowest BCUT2D eigenvalue weighted by Gasteiger charge is -2.28. The number of benzene rings is 2. The standard InChI is InChI=1S/C19H16ClN3O/c1-10-7-11(2)16-12(8-10)9-14(17(20)22-16)18-21-15-6-4-3-5-13(15)19(24)23-18/h3-9,18,21H,1-2H3,(H,23,24)/t18-/m1/s1. The molecule has 1 aromatic heterocycles. The number of aromatic nitrogens is 1. The maximum absolute atomic E-state index is 12.3. The quantitative estimate of drug-likeness (QED) is 0.649. The summed E-state index contributed by atoms with van der Waals surface area (Å²) >= 11 is 6.42. The number of anilines is 1. The van der Waals surface area contributed by atoms with E-state index in [2.05, 4.69) is 34.7 Å². The van der Waals surface area contributed by atoms with E-state index in [1.54, 1.807) is 6.07 Å². The van der Waals surface area contributed by atoms with E-state index in [0.717, 1.165) is 27.7 Å². The number of amides is 1. The van der Waals surface area contributed by atoms with Gasteiger partial charge < -0.3 is 10.6 Å². The molecule has 0 spiro atoms. The van der Waals surface area contributed by atoms with Crippen molar-refractivity contribution in [2.75, 3.05) is 5.32 Å². The van der Waals surface area contributed by atoms with Gasteiger partial charge in [0, 0.05) is 16.6 Å². The van der Waals surface area contributed by atoms with E-state index in [0.29, 0.717) is 10.7 Å². The van der Waals surface area contributed by atoms with Crippen molar-refractivity contribution in [3.05, 3.63) is 69.9 Å². The molecular formula is C19H16ClN3O. The summed E-state index contributed by atoms with van der Waals surface area (Å²) in [7, 11) is 0. The van der Waals surface area contributed by atoms with Crippen molar-refractivity contribution >= 4 is 34.1 Å². The first-order valence-electron chi connectivity index (χ1n) is 7.77. The fourth-order valence-corrected chi connectivity index (χ4v) is 3.46. The molecule has 0 saturated heterocycles. The number of rotatable bonds is 1. The van der Waals surface area contributed by atoms with Crippen LogP contribution in [0.3, 0.4) is 0 Å². The molecule has 2 N–H and O–H groups in total. The van der Waals surface area contributed by atoms with Crippen LogP contribution in [0.25, 0.3) is 10.9 Å². The third-order valence-electron chi connectivity index (χ3n) is 4.29. The minimum Gasteiger partial charge on any atom is -0.361 e. The fourth-order valence-electron chi connectivity index (χ4n) is 3.21. The molecule has 2 aromatic carbocycles. The summed E-state index contributed by atoms with van der Waals surface area (Å²) in [5.41, 5.74) is 5.33. The molecule has 0 saturated carbocycles. The molecule has 0 aliphatic carbocycles. The van der Waals surface area contributed by atoms with Crippen LogP contribution in [-0.4, -0.2) is 10.9 Å². The largest absolute Gasteiger partial charge is 0.361 e. The van der Waals surface area contributed by atoms with E-state index in [-0.39, 0.29) is 5.91 Å². The molecule has 4 nitrogen and oxygen atoms in total. The minimum absolute atomic E-state index is 0.120. The predicted octanol–water partition coefficient (Wildman–Crippen LogP) is 4.36. The number of nitrogens with one attached hydrogen (secondary N) is 2. The number of hydrogen-bond acceptors (Lipinski definition) is 3. The number of para-hydroxylation sites is 1. The molecule has 5 heteroatoms. The van der Waals surface area contributed by atoms with E-state index < -0.39 is 6.17 Å². The van der Waals surface area contributed by atoms with Gasteiger partial charge in [-0.15, -0.1) is 0 Å². The van der Waals surface area contributed by atoms with E-state index in [9.17, 15) is 4.79 Å². The molecule has 1 atom stereocenters. The highest BCUT2D eigenvalue weighted by atomic mass is 35.5. The molecule has 0 unspecified atom stereocenters. The van der Waals surface area contributed by atoms with Gasteiger partial charge in [-0.05, 0) is 43.7 Å². The number of halogens is 1. The van der Waals surface area contributed by atoms with Crippen LogP contribution in [0.4, 0.5) is 5.69 Å². The van der Waals surface area contributed by atoms with E-state index in [4.69, 9.17) is 11.6 Å². The Morgan fingerprint density at radius 3 is 2.71 bits per heavy atom. The summed E-state index contributed by atoms with van der Waals surface area (Å²) < 4.78 is 0. The molecule has 0 radical (unpaired) electrons. The van der Waals surface area contributed by atoms with Crippen LogP contribution in [0.15, 0.2) is 42.5 Å². The van der Waals surface area contributed by atoms with Crippen LogP contribution in [0.2, 0.25) is 5.15 Å². The lowest BCUT2D eigenvalue weighted by atomic mass is 10.0. The van der Waals surface area contributed by atoms with Gasteiger partial charge in [-0.2, -0.15) is 0 Å². The van der Waals surface area contributed by atoms with E-state index in [1.807, 2.05) is 31.2 Å². The van der Waals surface area contributed by atoms with Gasteiger partial charge in [-0.3, -0.25) is 4.79 Å². The number of carbonyl (C=O) groups excluding carboxylic acids is 1. The van der Waals surface area contributed by atoms with Gasteiger partial charge >= 0.3 is 0 Å². The first-order chi connectivity index (χ1) is 11.5. The summed E-state index contributed by atoms with van der Waals surface area (Å²) in [5.74, 6) is -0.120. The fraction of sp³-hybridized carbons (Fsp3) is 0.158. The average molecular weight is 338 g/mol. The Morgan fingerprint density at radius 1 is 1.08 bits per heavy atom. The van der Waals surface area contributed by atoms with Crippen LogP contribution < -0.4 is 10.6 Å². The van der Waals surface area contributed by atoms with Crippen molar-refractivity contribution in [1.29, 1.82) is 0 Å². The first kappa shape index (κ1) is 15.0. The SMILES string of the molecule is Cc1cc(C)c2nc(Cl)c([C@H]3NC(=O)c4ccccc4N3)cc2c1. The molecule has 3 aromatic rings. The zero-order valence-electron chi connectivity index (χ0n) is 13.4. The molecule has 24 heavy (non-hydrogen) atoms. The molecule has 2 heterocycles. The Labute approximate surface area is 144 Å². The van der Waals surface area contributed by atoms with Gasteiger partial charge in [-0.1, -0.05) is 35.4 Å². The molecule has 0 bridgehead atoms. The Kier molecular flexibility index (Phi) is 3.43. The lowest BCUT2D eigenvalue weighted by molar-refractivity contribution is 0.0935. The Balaban J connectivity index is 1.83. The van der Waals surface area contributed by atoms with Crippen LogP contribution >= 0.6 is 11.6 Å². The monoisotopic (exact) mass is 337 g/mol. The van der Waals surface area contributed by atoms with Gasteiger partial charge in [0.05, 0.1) is 11.1 Å². The topological polar surface area (TPSA) is 54.0 Å². The number of hydrogen-bond donors (Lipinski definition) is 2. The van der Waals surface area contributed by atoms with Gasteiger partial charge in [0.1, 0.15) is 11.3 Å². The second kappa shape index (κ2) is 5.49. The maximum atomic E-state index is 12.3. The van der Waals surface area contributed by atoms with Crippen molar-refractivity contribution in [3.8, 4) is 0 Å². The number of aryl methyl sites for hydroxylation is 2. The number of pyridine rings is 1. The summed E-state index contributed by atoms with van der Waals surface area (Å²) in [4.78, 5) is 16.9. The van der Waals surface area contributed by atoms with E-state index in [1.165, 1.54) is 5.56 Å². The molecule has 4 rings (SSSR count). The minimum atomic E-state index is -0.405. The second-order valence-corrected chi connectivity index (χ2v) is 6.48. The summed E-state index contributed by atoms with van der Waals surface area (Å²) in [5, 5.41) is 7.68. The third-order valence-corrected chi connectivity index (χ3v) is 4.59. The molecule has 1 aliphatic heterocycles. The van der Waals surface area contributed by atoms with Crippen LogP contribution in [0.5, 0.6) is 0 Å². The highest BCUT2D eigenvalue weighted by molar-refractivity contribution is 6.30. The smallest absolute Gasteiger partial charge is 0.255 e. The normalized spacial score (nSPS) is 16.5. The van der Waals surface area contributed by atoms with Gasteiger partial charge in [0.25, 0.3) is 5.91 Å². The highest BCUT2D eigenvalue weighted by Crippen LogP contribution is 2.32. The first-order valence-corrected chi connectivity index (χ1v) is 8.14. The number of fused-ring (bicyclic) bond motifs is 2. The molecule has 1 aliphatic rings. The van der Waals surface area contributed by atoms with Crippen LogP contribution in [-0.2, 0) is 0 Å². The van der Waals surface area contributed by atoms with Crippen molar-refractivity contribution in [2.24, 2.45) is 0 Å². The van der Waals surface area contributed by atoms with E-state index >= 15 is 0 Å². The third kappa shape index (κ3) is 2.39. The van der Waals surface area contributed by atoms with Crippen LogP contribution in [0, 0.1) is 13.8 Å². The van der Waals surface area contributed by atoms with Crippen molar-refractivity contribution < 1.29 is 4.79 Å².